The van der Waals surface area contributed by atoms with Crippen LogP contribution in [-0.4, -0.2) is 50.4 Å². The van der Waals surface area contributed by atoms with E-state index in [1.165, 1.54) is 19.4 Å². The Morgan fingerprint density at radius 1 is 1.32 bits per heavy atom. The minimum atomic E-state index is -1.38. The second kappa shape index (κ2) is 10.6. The lowest BCUT2D eigenvalue weighted by Gasteiger charge is -2.38. The molecule has 3 rings (SSSR count). The van der Waals surface area contributed by atoms with Crippen molar-refractivity contribution in [3.05, 3.63) is 56.5 Å². The Hall–Kier alpha value is -2.20. The van der Waals surface area contributed by atoms with Crippen LogP contribution in [0.15, 0.2) is 29.2 Å². The summed E-state index contributed by atoms with van der Waals surface area (Å²) in [4.78, 5) is 29.0. The van der Waals surface area contributed by atoms with Crippen LogP contribution in [0.4, 0.5) is 0 Å². The van der Waals surface area contributed by atoms with Crippen LogP contribution in [0.3, 0.4) is 0 Å². The molecule has 0 radical (unpaired) electrons. The normalized spacial score (nSPS) is 16.9. The van der Waals surface area contributed by atoms with Crippen LogP contribution in [0.1, 0.15) is 61.1 Å². The van der Waals surface area contributed by atoms with E-state index < -0.39 is 27.7 Å². The minimum Gasteiger partial charge on any atom is -0.598 e. The van der Waals surface area contributed by atoms with Gasteiger partial charge in [-0.1, -0.05) is 11.6 Å². The number of H-pyrrole nitrogens is 1. The lowest BCUT2D eigenvalue weighted by atomic mass is 9.85. The number of likely N-dealkylation sites (tertiary alicyclic amines) is 1. The maximum atomic E-state index is 13.0. The highest BCUT2D eigenvalue weighted by Gasteiger charge is 2.37. The fourth-order valence-electron chi connectivity index (χ4n) is 3.99. The number of piperidine rings is 1. The molecule has 8 nitrogen and oxygen atoms in total. The van der Waals surface area contributed by atoms with E-state index >= 15 is 0 Å². The summed E-state index contributed by atoms with van der Waals surface area (Å²) >= 11 is 4.99. The fourth-order valence-corrected chi connectivity index (χ4v) is 5.07. The van der Waals surface area contributed by atoms with E-state index in [1.807, 2.05) is 27.7 Å². The number of benzene rings is 1. The third kappa shape index (κ3) is 5.89. The molecule has 0 aliphatic carbocycles. The number of halogens is 1. The summed E-state index contributed by atoms with van der Waals surface area (Å²) < 4.78 is 20.7. The molecule has 2 aromatic rings. The number of aromatic hydroxyl groups is 1. The smallest absolute Gasteiger partial charge is 0.290 e. The molecule has 1 saturated heterocycles. The topological polar surface area (TPSA) is 118 Å². The van der Waals surface area contributed by atoms with Gasteiger partial charge in [-0.05, 0) is 64.2 Å². The van der Waals surface area contributed by atoms with Gasteiger partial charge in [-0.2, -0.15) is 0 Å². The number of aromatic nitrogens is 1. The third-order valence-corrected chi connectivity index (χ3v) is 8.06. The van der Waals surface area contributed by atoms with Gasteiger partial charge in [0.05, 0.1) is 18.7 Å². The number of carbonyl (C=O) groups excluding carboxylic acids is 1. The van der Waals surface area contributed by atoms with Crippen molar-refractivity contribution in [2.24, 2.45) is 5.92 Å². The standard InChI is InChI=1S/C24H32ClN3O5S/c1-14-10-19(29)17(12-18(14)25)21(27-34(32)24(2,3)4)15-6-8-28(9-7-15)23(31)16-11-20(33-5)22(30)26-13-16/h10-13,15,21,27,29H,6-9H2,1-5H3,(H,26,30)/t21?,34-/m0/s1. The summed E-state index contributed by atoms with van der Waals surface area (Å²) in [5.41, 5.74) is 1.31. The Kier molecular flexibility index (Phi) is 8.23. The average Bonchev–Trinajstić information content (AvgIpc) is 2.79. The summed E-state index contributed by atoms with van der Waals surface area (Å²) in [6, 6.07) is 4.39. The number of methoxy groups -OCH3 is 1. The Bertz CT molecular complexity index is 1090. The first-order valence-electron chi connectivity index (χ1n) is 11.2. The van der Waals surface area contributed by atoms with Crippen molar-refractivity contribution < 1.29 is 19.2 Å². The summed E-state index contributed by atoms with van der Waals surface area (Å²) in [6.07, 6.45) is 2.66. The second-order valence-corrected chi connectivity index (χ2v) is 12.0. The molecule has 1 unspecified atom stereocenters. The minimum absolute atomic E-state index is 0.0186. The third-order valence-electron chi connectivity index (χ3n) is 6.07. The number of aromatic amines is 1. The van der Waals surface area contributed by atoms with Gasteiger partial charge in [0.25, 0.3) is 11.5 Å². The van der Waals surface area contributed by atoms with E-state index in [-0.39, 0.29) is 23.3 Å². The van der Waals surface area contributed by atoms with Gasteiger partial charge < -0.3 is 24.3 Å². The number of nitrogens with zero attached hydrogens (tertiary/aromatic N) is 1. The van der Waals surface area contributed by atoms with Crippen molar-refractivity contribution >= 4 is 28.9 Å². The van der Waals surface area contributed by atoms with Crippen LogP contribution >= 0.6 is 11.6 Å². The van der Waals surface area contributed by atoms with Crippen LogP contribution in [0, 0.1) is 12.8 Å². The number of phenols is 1. The molecule has 1 aliphatic rings. The molecule has 0 bridgehead atoms. The molecule has 186 valence electrons. The number of ether oxygens (including phenoxy) is 1. The van der Waals surface area contributed by atoms with Crippen LogP contribution < -0.4 is 15.0 Å². The zero-order chi connectivity index (χ0) is 25.2. The van der Waals surface area contributed by atoms with E-state index in [0.717, 1.165) is 5.56 Å². The van der Waals surface area contributed by atoms with Crippen LogP contribution in [-0.2, 0) is 11.4 Å². The molecule has 1 aliphatic heterocycles. The summed E-state index contributed by atoms with van der Waals surface area (Å²) in [7, 11) is 1.38. The summed E-state index contributed by atoms with van der Waals surface area (Å²) in [5.74, 6) is 0.00711. The van der Waals surface area contributed by atoms with Crippen molar-refractivity contribution in [3.63, 3.8) is 0 Å². The Morgan fingerprint density at radius 2 is 1.97 bits per heavy atom. The molecular weight excluding hydrogens is 478 g/mol. The molecule has 0 saturated carbocycles. The largest absolute Gasteiger partial charge is 0.598 e. The number of aryl methyl sites for hydroxylation is 1. The van der Waals surface area contributed by atoms with Gasteiger partial charge in [-0.15, -0.1) is 4.72 Å². The highest BCUT2D eigenvalue weighted by atomic mass is 35.5. The van der Waals surface area contributed by atoms with E-state index in [2.05, 4.69) is 9.71 Å². The van der Waals surface area contributed by atoms with Crippen LogP contribution in [0.25, 0.3) is 0 Å². The SMILES string of the molecule is COc1cc(C(=O)N2CCC(C(N[S@@+]([O-])C(C)(C)C)c3cc(Cl)c(C)cc3O)CC2)c[nH]c1=O. The van der Waals surface area contributed by atoms with E-state index in [9.17, 15) is 19.2 Å². The van der Waals surface area contributed by atoms with Gasteiger partial charge in [-0.25, -0.2) is 0 Å². The molecule has 0 spiro atoms. The molecule has 34 heavy (non-hydrogen) atoms. The molecule has 3 N–H and O–H groups in total. The number of pyridine rings is 1. The molecular formula is C24H32ClN3O5S. The average molecular weight is 510 g/mol. The van der Waals surface area contributed by atoms with Crippen molar-refractivity contribution in [2.75, 3.05) is 20.2 Å². The molecule has 1 aromatic heterocycles. The first-order valence-corrected chi connectivity index (χ1v) is 12.7. The lowest BCUT2D eigenvalue weighted by molar-refractivity contribution is 0.0673. The van der Waals surface area contributed by atoms with Crippen molar-refractivity contribution in [1.29, 1.82) is 0 Å². The van der Waals surface area contributed by atoms with E-state index in [1.54, 1.807) is 17.0 Å². The highest BCUT2D eigenvalue weighted by molar-refractivity contribution is 7.90. The highest BCUT2D eigenvalue weighted by Crippen LogP contribution is 2.39. The van der Waals surface area contributed by atoms with Gasteiger partial charge in [-0.3, -0.25) is 9.59 Å². The predicted molar refractivity (Wildman–Crippen MR) is 134 cm³/mol. The maximum Gasteiger partial charge on any atom is 0.290 e. The van der Waals surface area contributed by atoms with E-state index in [4.69, 9.17) is 16.3 Å². The van der Waals surface area contributed by atoms with Gasteiger partial charge in [0.2, 0.25) is 0 Å². The van der Waals surface area contributed by atoms with Gasteiger partial charge in [0.1, 0.15) is 10.5 Å². The Balaban J connectivity index is 1.81. The van der Waals surface area contributed by atoms with Gasteiger partial charge in [0.15, 0.2) is 5.75 Å². The molecule has 2 heterocycles. The fraction of sp³-hybridized carbons (Fsp3) is 0.500. The van der Waals surface area contributed by atoms with Crippen LogP contribution in [0.2, 0.25) is 5.02 Å². The van der Waals surface area contributed by atoms with Gasteiger partial charge in [0, 0.05) is 47.3 Å². The first kappa shape index (κ1) is 26.4. The molecule has 10 heteroatoms. The number of hydrogen-bond donors (Lipinski definition) is 3. The monoisotopic (exact) mass is 509 g/mol. The zero-order valence-corrected chi connectivity index (χ0v) is 21.7. The molecule has 1 amide bonds. The lowest BCUT2D eigenvalue weighted by Crippen LogP contribution is -2.46. The summed E-state index contributed by atoms with van der Waals surface area (Å²) in [5, 5.41) is 11.2. The number of carbonyl (C=O) groups is 1. The van der Waals surface area contributed by atoms with Crippen molar-refractivity contribution in [3.8, 4) is 11.5 Å². The van der Waals surface area contributed by atoms with Gasteiger partial charge >= 0.3 is 0 Å². The predicted octanol–water partition coefficient (Wildman–Crippen LogP) is 3.70. The zero-order valence-electron chi connectivity index (χ0n) is 20.1. The quantitative estimate of drug-likeness (QED) is 0.511. The summed E-state index contributed by atoms with van der Waals surface area (Å²) in [6.45, 7) is 8.42. The number of phenolic OH excluding ortho intramolecular Hbond substituents is 1. The molecule has 1 fully saturated rings. The number of hydrogen-bond acceptors (Lipinski definition) is 6. The molecule has 2 atom stereocenters. The van der Waals surface area contributed by atoms with Crippen molar-refractivity contribution in [1.82, 2.24) is 14.6 Å². The molecule has 1 aromatic carbocycles. The number of rotatable bonds is 6. The first-order chi connectivity index (χ1) is 15.9. The Morgan fingerprint density at radius 3 is 2.56 bits per heavy atom. The maximum absolute atomic E-state index is 13.0. The van der Waals surface area contributed by atoms with E-state index in [0.29, 0.717) is 42.1 Å². The Labute approximate surface area is 208 Å². The second-order valence-electron chi connectivity index (χ2n) is 9.55. The number of amides is 1. The van der Waals surface area contributed by atoms with Crippen LogP contribution in [0.5, 0.6) is 11.5 Å². The number of nitrogens with one attached hydrogen (secondary N) is 2. The van der Waals surface area contributed by atoms with Crippen molar-refractivity contribution in [2.45, 2.75) is 51.3 Å².